The van der Waals surface area contributed by atoms with Crippen LogP contribution in [0.2, 0.25) is 0 Å². The third-order valence-corrected chi connectivity index (χ3v) is 10.2. The van der Waals surface area contributed by atoms with E-state index in [2.05, 4.69) is 101 Å². The smallest absolute Gasteiger partial charge is 0.270 e. The van der Waals surface area contributed by atoms with Crippen LogP contribution >= 0.6 is 0 Å². The van der Waals surface area contributed by atoms with Crippen LogP contribution in [0.4, 0.5) is 5.82 Å². The van der Waals surface area contributed by atoms with Crippen molar-refractivity contribution < 1.29 is 0 Å². The van der Waals surface area contributed by atoms with E-state index in [-0.39, 0.29) is 0 Å². The minimum Gasteiger partial charge on any atom is -0.361 e. The molecule has 0 fully saturated rings. The predicted molar refractivity (Wildman–Crippen MR) is 227 cm³/mol. The van der Waals surface area contributed by atoms with Crippen molar-refractivity contribution in [3.8, 4) is 67.7 Å². The molecule has 0 unspecified atom stereocenters. The van der Waals surface area contributed by atoms with Gasteiger partial charge >= 0.3 is 0 Å². The van der Waals surface area contributed by atoms with E-state index in [0.717, 1.165) is 82.6 Å². The van der Waals surface area contributed by atoms with Crippen molar-refractivity contribution in [1.82, 2.24) is 24.9 Å². The van der Waals surface area contributed by atoms with E-state index in [1.807, 2.05) is 85.1 Å². The van der Waals surface area contributed by atoms with E-state index in [0.29, 0.717) is 23.3 Å². The summed E-state index contributed by atoms with van der Waals surface area (Å²) in [5.41, 5.74) is 9.72. The highest BCUT2D eigenvalue weighted by Gasteiger charge is 2.18. The summed E-state index contributed by atoms with van der Waals surface area (Å²) in [5, 5.41) is 5.69. The van der Waals surface area contributed by atoms with Gasteiger partial charge in [0.2, 0.25) is 0 Å². The Kier molecular flexibility index (Phi) is 8.09. The largest absolute Gasteiger partial charge is 0.361 e. The van der Waals surface area contributed by atoms with Crippen molar-refractivity contribution in [3.05, 3.63) is 194 Å². The second-order valence-corrected chi connectivity index (χ2v) is 13.6. The summed E-state index contributed by atoms with van der Waals surface area (Å²) >= 11 is 0. The molecule has 0 aliphatic rings. The molecule has 0 saturated heterocycles. The Morgan fingerprint density at radius 2 is 0.911 bits per heavy atom. The minimum atomic E-state index is 0.388. The second-order valence-electron chi connectivity index (χ2n) is 13.6. The molecule has 0 spiro atoms. The lowest BCUT2D eigenvalue weighted by Gasteiger charge is -2.16. The zero-order valence-corrected chi connectivity index (χ0v) is 30.0. The fraction of sp³-hybridized carbons (Fsp3) is 0. The Morgan fingerprint density at radius 1 is 0.357 bits per heavy atom. The van der Waals surface area contributed by atoms with Crippen LogP contribution in [0.3, 0.4) is 0 Å². The zero-order valence-electron chi connectivity index (χ0n) is 30.0. The molecule has 0 saturated carbocycles. The van der Waals surface area contributed by atoms with Crippen LogP contribution in [0, 0.1) is 6.57 Å². The second kappa shape index (κ2) is 13.8. The molecule has 0 radical (unpaired) electrons. The van der Waals surface area contributed by atoms with Crippen LogP contribution in [0.5, 0.6) is 0 Å². The van der Waals surface area contributed by atoms with Crippen LogP contribution in [0.1, 0.15) is 0 Å². The van der Waals surface area contributed by atoms with Crippen molar-refractivity contribution in [3.63, 3.8) is 0 Å². The first-order valence-electron chi connectivity index (χ1n) is 18.4. The fourth-order valence-corrected chi connectivity index (χ4v) is 7.52. The van der Waals surface area contributed by atoms with E-state index in [9.17, 15) is 0 Å². The first-order valence-corrected chi connectivity index (χ1v) is 18.4. The van der Waals surface area contributed by atoms with Gasteiger partial charge in [-0.1, -0.05) is 146 Å². The van der Waals surface area contributed by atoms with Crippen molar-refractivity contribution >= 4 is 38.3 Å². The molecule has 0 atom stereocenters. The summed E-state index contributed by atoms with van der Waals surface area (Å²) in [4.78, 5) is 27.9. The van der Waals surface area contributed by atoms with E-state index < -0.39 is 0 Å². The third-order valence-electron chi connectivity index (χ3n) is 10.2. The van der Waals surface area contributed by atoms with Gasteiger partial charge in [0, 0.05) is 39.4 Å². The molecule has 0 aliphatic heterocycles. The molecular weight excluding hydrogens is 685 g/mol. The van der Waals surface area contributed by atoms with Gasteiger partial charge < -0.3 is 4.85 Å². The van der Waals surface area contributed by atoms with Gasteiger partial charge in [-0.2, -0.15) is 0 Å². The van der Waals surface area contributed by atoms with Gasteiger partial charge in [0.1, 0.15) is 0 Å². The number of hydrogen-bond acceptors (Lipinski definition) is 5. The average Bonchev–Trinajstić information content (AvgIpc) is 3.29. The van der Waals surface area contributed by atoms with E-state index in [1.54, 1.807) is 6.07 Å². The maximum atomic E-state index is 7.38. The zero-order chi connectivity index (χ0) is 37.4. The average molecular weight is 715 g/mol. The van der Waals surface area contributed by atoms with Crippen molar-refractivity contribution in [2.75, 3.05) is 0 Å². The Bertz CT molecular complexity index is 3080. The van der Waals surface area contributed by atoms with Gasteiger partial charge in [-0.15, -0.1) is 4.98 Å². The van der Waals surface area contributed by atoms with Crippen molar-refractivity contribution in [2.24, 2.45) is 0 Å². The Labute approximate surface area is 323 Å². The van der Waals surface area contributed by atoms with Gasteiger partial charge in [-0.05, 0) is 74.6 Å². The summed E-state index contributed by atoms with van der Waals surface area (Å²) in [6, 6.07) is 59.9. The maximum Gasteiger partial charge on any atom is 0.270 e. The van der Waals surface area contributed by atoms with Gasteiger partial charge in [0.25, 0.3) is 5.82 Å². The van der Waals surface area contributed by atoms with E-state index in [1.165, 1.54) is 0 Å². The van der Waals surface area contributed by atoms with Gasteiger partial charge in [0.15, 0.2) is 23.2 Å². The van der Waals surface area contributed by atoms with Crippen LogP contribution in [-0.4, -0.2) is 24.9 Å². The molecule has 3 aromatic heterocycles. The Morgan fingerprint density at radius 3 is 1.62 bits per heavy atom. The predicted octanol–water partition coefficient (Wildman–Crippen LogP) is 12.7. The van der Waals surface area contributed by atoms with Crippen LogP contribution in [0.15, 0.2) is 182 Å². The summed E-state index contributed by atoms with van der Waals surface area (Å²) < 4.78 is 0. The lowest BCUT2D eigenvalue weighted by atomic mass is 9.88. The minimum absolute atomic E-state index is 0.388. The Hall–Kier alpha value is -7.88. The van der Waals surface area contributed by atoms with E-state index in [4.69, 9.17) is 26.5 Å². The van der Waals surface area contributed by atoms with Crippen LogP contribution < -0.4 is 0 Å². The number of nitrogens with zero attached hydrogens (tertiary/aromatic N) is 6. The number of pyridine rings is 2. The quantitative estimate of drug-likeness (QED) is 0.127. The summed E-state index contributed by atoms with van der Waals surface area (Å²) in [7, 11) is 0. The molecule has 6 nitrogen and oxygen atoms in total. The molecule has 0 aliphatic carbocycles. The maximum absolute atomic E-state index is 7.38. The summed E-state index contributed by atoms with van der Waals surface area (Å²) in [6.45, 7) is 7.38. The molecule has 10 aromatic rings. The topological polar surface area (TPSA) is 68.8 Å². The standard InChI is InChI=1S/C50H30N6/c1-51-46-23-11-22-45(53-46)33-26-24-32(25-27-33)41-30-44-40-21-12-28-52-47(40)42(31-43(44)39-20-9-8-19-38(39)41)36-17-10-18-37(29-36)50-55-48(34-13-4-2-5-14-34)54-49(56-50)35-15-6-3-7-16-35/h2-31H. The number of hydrogen-bond donors (Lipinski definition) is 0. The third kappa shape index (κ3) is 5.90. The molecule has 6 heteroatoms. The van der Waals surface area contributed by atoms with E-state index >= 15 is 0 Å². The highest BCUT2D eigenvalue weighted by molar-refractivity contribution is 6.23. The molecule has 0 bridgehead atoms. The normalized spacial score (nSPS) is 11.2. The highest BCUT2D eigenvalue weighted by atomic mass is 15.0. The number of rotatable bonds is 6. The molecule has 10 rings (SSSR count). The number of benzene rings is 7. The molecule has 3 heterocycles. The molecule has 260 valence electrons. The molecule has 56 heavy (non-hydrogen) atoms. The lowest BCUT2D eigenvalue weighted by Crippen LogP contribution is -2.00. The number of fused-ring (bicyclic) bond motifs is 5. The SMILES string of the molecule is [C-]#[N+]c1cccc(-c2ccc(-c3cc4c5cccnc5c(-c5cccc(-c6nc(-c7ccccc7)nc(-c7ccccc7)n6)c5)cc4c4ccccc34)cc2)n1. The molecule has 0 amide bonds. The molecule has 0 N–H and O–H groups in total. The summed E-state index contributed by atoms with van der Waals surface area (Å²) in [5.74, 6) is 2.24. The first kappa shape index (κ1) is 32.7. The van der Waals surface area contributed by atoms with Crippen molar-refractivity contribution in [1.29, 1.82) is 0 Å². The number of aromatic nitrogens is 5. The van der Waals surface area contributed by atoms with Gasteiger partial charge in [0.05, 0.1) is 5.52 Å². The monoisotopic (exact) mass is 714 g/mol. The van der Waals surface area contributed by atoms with Gasteiger partial charge in [-0.25, -0.2) is 15.0 Å². The fourth-order valence-electron chi connectivity index (χ4n) is 7.52. The van der Waals surface area contributed by atoms with Gasteiger partial charge in [-0.3, -0.25) is 4.98 Å². The van der Waals surface area contributed by atoms with Crippen LogP contribution in [0.25, 0.3) is 105 Å². The first-order chi connectivity index (χ1) is 27.7. The molecule has 7 aromatic carbocycles. The van der Waals surface area contributed by atoms with Crippen molar-refractivity contribution in [2.45, 2.75) is 0 Å². The summed E-state index contributed by atoms with van der Waals surface area (Å²) in [6.07, 6.45) is 1.86. The molecular formula is C50H30N6. The highest BCUT2D eigenvalue weighted by Crippen LogP contribution is 2.42. The lowest BCUT2D eigenvalue weighted by molar-refractivity contribution is 1.07. The van der Waals surface area contributed by atoms with Crippen LogP contribution in [-0.2, 0) is 0 Å². The Balaban J connectivity index is 1.13.